The molecule has 216 valence electrons. The molecule has 0 radical (unpaired) electrons. The van der Waals surface area contributed by atoms with Gasteiger partial charge in [0.2, 0.25) is 5.91 Å². The Morgan fingerprint density at radius 2 is 1.43 bits per heavy atom. The molecule has 40 heavy (non-hydrogen) atoms. The molecule has 2 aromatic rings. The number of carboxylic acid groups (broad SMARTS) is 1. The highest BCUT2D eigenvalue weighted by atomic mass is 16.6. The molecule has 0 heterocycles. The van der Waals surface area contributed by atoms with Crippen LogP contribution in [0.5, 0.6) is 0 Å². The number of unbranched alkanes of at least 4 members (excludes halogenated alkanes) is 2. The van der Waals surface area contributed by atoms with Crippen LogP contribution in [-0.4, -0.2) is 60.5 Å². The number of aliphatic carboxylic acids is 1. The molecule has 10 heteroatoms. The van der Waals surface area contributed by atoms with Crippen LogP contribution < -0.4 is 16.0 Å². The first-order valence-electron chi connectivity index (χ1n) is 13.6. The molecule has 0 aromatic heterocycles. The van der Waals surface area contributed by atoms with E-state index >= 15 is 0 Å². The molecule has 4 N–H and O–H groups in total. The van der Waals surface area contributed by atoms with Gasteiger partial charge in [0, 0.05) is 25.4 Å². The lowest BCUT2D eigenvalue weighted by Gasteiger charge is -2.19. The molecule has 0 saturated carbocycles. The number of alkyl carbamates (subject to hydrolysis) is 2. The van der Waals surface area contributed by atoms with Gasteiger partial charge in [0.1, 0.15) is 18.2 Å². The molecule has 10 nitrogen and oxygen atoms in total. The fraction of sp³-hybridized carbons (Fsp3) is 0.467. The summed E-state index contributed by atoms with van der Waals surface area (Å²) >= 11 is 0. The second-order valence-corrected chi connectivity index (χ2v) is 10.7. The highest BCUT2D eigenvalue weighted by molar-refractivity contribution is 5.82. The van der Waals surface area contributed by atoms with Crippen LogP contribution in [0.25, 0.3) is 11.1 Å². The van der Waals surface area contributed by atoms with Gasteiger partial charge in [-0.2, -0.15) is 0 Å². The second-order valence-electron chi connectivity index (χ2n) is 10.7. The molecule has 1 aliphatic carbocycles. The van der Waals surface area contributed by atoms with Gasteiger partial charge >= 0.3 is 18.2 Å². The lowest BCUT2D eigenvalue weighted by molar-refractivity contribution is -0.139. The summed E-state index contributed by atoms with van der Waals surface area (Å²) in [5, 5.41) is 17.3. The number of nitrogens with one attached hydrogen (secondary N) is 3. The fourth-order valence-corrected chi connectivity index (χ4v) is 4.56. The summed E-state index contributed by atoms with van der Waals surface area (Å²) < 4.78 is 10.6. The lowest BCUT2D eigenvalue weighted by atomic mass is 9.98. The predicted octanol–water partition coefficient (Wildman–Crippen LogP) is 4.57. The molecule has 0 aliphatic heterocycles. The molecule has 0 bridgehead atoms. The van der Waals surface area contributed by atoms with Gasteiger partial charge in [0.25, 0.3) is 0 Å². The lowest BCUT2D eigenvalue weighted by Crippen LogP contribution is -2.42. The SMILES string of the molecule is CC(C)(C)OC(=O)NCCCCCNC(=O)CCC(NC(=O)OCC1c2ccccc2-c2ccccc21)C(=O)O. The maximum absolute atomic E-state index is 12.5. The number of carbonyl (C=O) groups is 4. The first-order chi connectivity index (χ1) is 19.0. The van der Waals surface area contributed by atoms with Crippen LogP contribution in [-0.2, 0) is 19.1 Å². The van der Waals surface area contributed by atoms with Crippen LogP contribution >= 0.6 is 0 Å². The summed E-state index contributed by atoms with van der Waals surface area (Å²) in [6, 6.07) is 14.6. The quantitative estimate of drug-likeness (QED) is 0.266. The Morgan fingerprint density at radius 1 is 0.850 bits per heavy atom. The molecule has 2 aromatic carbocycles. The third-order valence-electron chi connectivity index (χ3n) is 6.44. The Balaban J connectivity index is 1.34. The van der Waals surface area contributed by atoms with E-state index < -0.39 is 29.8 Å². The van der Waals surface area contributed by atoms with Gasteiger partial charge in [0.05, 0.1) is 0 Å². The van der Waals surface area contributed by atoms with Gasteiger partial charge in [0.15, 0.2) is 0 Å². The minimum atomic E-state index is -1.25. The third kappa shape index (κ3) is 9.29. The van der Waals surface area contributed by atoms with Gasteiger partial charge < -0.3 is 30.5 Å². The van der Waals surface area contributed by atoms with E-state index in [2.05, 4.69) is 16.0 Å². The van der Waals surface area contributed by atoms with Crippen molar-refractivity contribution in [3.8, 4) is 11.1 Å². The van der Waals surface area contributed by atoms with Gasteiger partial charge in [-0.25, -0.2) is 14.4 Å². The van der Waals surface area contributed by atoms with Crippen molar-refractivity contribution in [1.29, 1.82) is 0 Å². The normalized spacial score (nSPS) is 13.0. The molecule has 3 amide bonds. The van der Waals surface area contributed by atoms with Gasteiger partial charge in [-0.05, 0) is 68.7 Å². The molecular weight excluding hydrogens is 514 g/mol. The fourth-order valence-electron chi connectivity index (χ4n) is 4.56. The van der Waals surface area contributed by atoms with E-state index in [9.17, 15) is 24.3 Å². The number of rotatable bonds is 13. The standard InChI is InChI=1S/C30H39N3O7/c1-30(2,3)40-28(37)32-18-10-4-9-17-31-26(34)16-15-25(27(35)36)33-29(38)39-19-24-22-13-7-5-11-20(22)21-12-6-8-14-23(21)24/h5-8,11-14,24-25H,4,9-10,15-19H2,1-3H3,(H,31,34)(H,32,37)(H,33,38)(H,35,36). The molecular formula is C30H39N3O7. The summed E-state index contributed by atoms with van der Waals surface area (Å²) in [6.45, 7) is 6.37. The Labute approximate surface area is 234 Å². The summed E-state index contributed by atoms with van der Waals surface area (Å²) in [7, 11) is 0. The average Bonchev–Trinajstić information content (AvgIpc) is 3.21. The maximum Gasteiger partial charge on any atom is 0.407 e. The van der Waals surface area contributed by atoms with Crippen LogP contribution in [0.1, 0.15) is 69.9 Å². The predicted molar refractivity (Wildman–Crippen MR) is 150 cm³/mol. The number of amides is 3. The van der Waals surface area contributed by atoms with E-state index in [1.165, 1.54) is 0 Å². The van der Waals surface area contributed by atoms with Gasteiger partial charge in [-0.3, -0.25) is 4.79 Å². The van der Waals surface area contributed by atoms with Crippen molar-refractivity contribution in [1.82, 2.24) is 16.0 Å². The highest BCUT2D eigenvalue weighted by Gasteiger charge is 2.30. The summed E-state index contributed by atoms with van der Waals surface area (Å²) in [5.41, 5.74) is 3.77. The van der Waals surface area contributed by atoms with E-state index in [0.717, 1.165) is 35.1 Å². The number of carbonyl (C=O) groups excluding carboxylic acids is 3. The van der Waals surface area contributed by atoms with E-state index in [-0.39, 0.29) is 31.3 Å². The molecule has 1 unspecified atom stereocenters. The zero-order valence-corrected chi connectivity index (χ0v) is 23.3. The molecule has 1 atom stereocenters. The van der Waals surface area contributed by atoms with Gasteiger partial charge in [-0.15, -0.1) is 0 Å². The van der Waals surface area contributed by atoms with Crippen molar-refractivity contribution in [3.63, 3.8) is 0 Å². The van der Waals surface area contributed by atoms with E-state index in [4.69, 9.17) is 9.47 Å². The van der Waals surface area contributed by atoms with Crippen LogP contribution in [0, 0.1) is 0 Å². The Hall–Kier alpha value is -4.08. The van der Waals surface area contributed by atoms with Crippen LogP contribution in [0.4, 0.5) is 9.59 Å². The maximum atomic E-state index is 12.5. The third-order valence-corrected chi connectivity index (χ3v) is 6.44. The summed E-state index contributed by atoms with van der Waals surface area (Å²) in [4.78, 5) is 47.9. The molecule has 1 aliphatic rings. The Morgan fingerprint density at radius 3 is 2.00 bits per heavy atom. The average molecular weight is 554 g/mol. The smallest absolute Gasteiger partial charge is 0.407 e. The number of hydrogen-bond donors (Lipinski definition) is 4. The highest BCUT2D eigenvalue weighted by Crippen LogP contribution is 2.44. The van der Waals surface area contributed by atoms with E-state index in [0.29, 0.717) is 19.5 Å². The number of benzene rings is 2. The number of fused-ring (bicyclic) bond motifs is 3. The zero-order valence-electron chi connectivity index (χ0n) is 23.3. The first-order valence-corrected chi connectivity index (χ1v) is 13.6. The minimum absolute atomic E-state index is 0.0547. The van der Waals surface area contributed by atoms with Crippen LogP contribution in [0.15, 0.2) is 48.5 Å². The summed E-state index contributed by atoms with van der Waals surface area (Å²) in [6.07, 6.45) is 0.820. The van der Waals surface area contributed by atoms with Crippen molar-refractivity contribution in [2.24, 2.45) is 0 Å². The minimum Gasteiger partial charge on any atom is -0.480 e. The molecule has 0 spiro atoms. The molecule has 3 rings (SSSR count). The number of carboxylic acids is 1. The van der Waals surface area contributed by atoms with Crippen molar-refractivity contribution in [3.05, 3.63) is 59.7 Å². The van der Waals surface area contributed by atoms with Crippen LogP contribution in [0.2, 0.25) is 0 Å². The monoisotopic (exact) mass is 553 g/mol. The summed E-state index contributed by atoms with van der Waals surface area (Å²) in [5.74, 6) is -1.67. The van der Waals surface area contributed by atoms with Crippen molar-refractivity contribution >= 4 is 24.1 Å². The number of hydrogen-bond acceptors (Lipinski definition) is 6. The zero-order chi connectivity index (χ0) is 29.1. The molecule has 0 fully saturated rings. The van der Waals surface area contributed by atoms with Gasteiger partial charge in [-0.1, -0.05) is 48.5 Å². The van der Waals surface area contributed by atoms with E-state index in [1.807, 2.05) is 48.5 Å². The van der Waals surface area contributed by atoms with Crippen molar-refractivity contribution < 1.29 is 33.8 Å². The van der Waals surface area contributed by atoms with E-state index in [1.54, 1.807) is 20.8 Å². The molecule has 0 saturated heterocycles. The Kier molecular flexibility index (Phi) is 10.9. The van der Waals surface area contributed by atoms with Crippen molar-refractivity contribution in [2.75, 3.05) is 19.7 Å². The Bertz CT molecular complexity index is 1150. The van der Waals surface area contributed by atoms with Crippen molar-refractivity contribution in [2.45, 2.75) is 70.4 Å². The number of ether oxygens (including phenoxy) is 2. The largest absolute Gasteiger partial charge is 0.480 e. The second kappa shape index (κ2) is 14.3. The van der Waals surface area contributed by atoms with Crippen LogP contribution in [0.3, 0.4) is 0 Å². The topological polar surface area (TPSA) is 143 Å². The first kappa shape index (κ1) is 30.5.